The van der Waals surface area contributed by atoms with Crippen molar-refractivity contribution in [1.82, 2.24) is 19.4 Å². The summed E-state index contributed by atoms with van der Waals surface area (Å²) in [6, 6.07) is 15.7. The van der Waals surface area contributed by atoms with E-state index in [2.05, 4.69) is 37.0 Å². The topological polar surface area (TPSA) is 58.4 Å². The summed E-state index contributed by atoms with van der Waals surface area (Å²) in [6.45, 7) is 6.60. The highest BCUT2D eigenvalue weighted by Crippen LogP contribution is 2.24. The van der Waals surface area contributed by atoms with Crippen LogP contribution in [-0.4, -0.2) is 63.1 Å². The Morgan fingerprint density at radius 2 is 1.72 bits per heavy atom. The van der Waals surface area contributed by atoms with Crippen molar-refractivity contribution in [3.8, 4) is 5.69 Å². The van der Waals surface area contributed by atoms with Gasteiger partial charge in [0.2, 0.25) is 5.91 Å². The number of hydrogen-bond donors (Lipinski definition) is 0. The second kappa shape index (κ2) is 10.0. The van der Waals surface area contributed by atoms with Crippen molar-refractivity contribution in [3.05, 3.63) is 77.6 Å². The van der Waals surface area contributed by atoms with Gasteiger partial charge >= 0.3 is 0 Å². The van der Waals surface area contributed by atoms with Crippen LogP contribution >= 0.6 is 11.8 Å². The average molecular weight is 449 g/mol. The Bertz CT molecular complexity index is 1100. The van der Waals surface area contributed by atoms with Crippen LogP contribution in [0.25, 0.3) is 5.69 Å². The van der Waals surface area contributed by atoms with Crippen molar-refractivity contribution in [2.75, 3.05) is 31.9 Å². The molecule has 0 radical (unpaired) electrons. The van der Waals surface area contributed by atoms with Crippen molar-refractivity contribution in [2.45, 2.75) is 25.4 Å². The fourth-order valence-corrected chi connectivity index (χ4v) is 4.78. The first-order chi connectivity index (χ1) is 15.5. The van der Waals surface area contributed by atoms with E-state index in [0.717, 1.165) is 22.8 Å². The van der Waals surface area contributed by atoms with Crippen LogP contribution in [0, 0.1) is 13.8 Å². The van der Waals surface area contributed by atoms with Crippen LogP contribution in [0.1, 0.15) is 27.9 Å². The van der Waals surface area contributed by atoms with Crippen LogP contribution in [0.2, 0.25) is 0 Å². The molecule has 32 heavy (non-hydrogen) atoms. The lowest BCUT2D eigenvalue weighted by atomic mass is 10.1. The summed E-state index contributed by atoms with van der Waals surface area (Å²) in [5, 5.41) is 0.808. The van der Waals surface area contributed by atoms with E-state index < -0.39 is 0 Å². The number of hydrogen-bond acceptors (Lipinski definition) is 4. The fraction of sp³-hybridized carbons (Fsp3) is 0.320. The second-order valence-electron chi connectivity index (χ2n) is 8.05. The zero-order valence-corrected chi connectivity index (χ0v) is 19.3. The maximum Gasteiger partial charge on any atom is 0.253 e. The number of aryl methyl sites for hydroxylation is 2. The van der Waals surface area contributed by atoms with E-state index in [-0.39, 0.29) is 11.8 Å². The zero-order valence-electron chi connectivity index (χ0n) is 18.5. The highest BCUT2D eigenvalue weighted by atomic mass is 32.2. The van der Waals surface area contributed by atoms with Crippen molar-refractivity contribution in [2.24, 2.45) is 0 Å². The fourth-order valence-electron chi connectivity index (χ4n) is 3.91. The molecule has 0 atom stereocenters. The monoisotopic (exact) mass is 448 g/mol. The number of carbonyl (C=O) groups is 2. The maximum atomic E-state index is 12.9. The number of imidazole rings is 1. The normalized spacial score (nSPS) is 14.3. The molecule has 0 unspecified atom stereocenters. The molecular formula is C25H28N4O2S. The largest absolute Gasteiger partial charge is 0.340 e. The molecule has 2 amide bonds. The second-order valence-corrected chi connectivity index (χ2v) is 8.99. The Morgan fingerprint density at radius 1 is 0.969 bits per heavy atom. The summed E-state index contributed by atoms with van der Waals surface area (Å²) in [6.07, 6.45) is 4.49. The molecule has 1 aliphatic heterocycles. The van der Waals surface area contributed by atoms with Crippen LogP contribution in [0.15, 0.2) is 66.1 Å². The molecule has 4 rings (SSSR count). The Hall–Kier alpha value is -3.06. The first kappa shape index (κ1) is 22.1. The Kier molecular flexibility index (Phi) is 6.95. The van der Waals surface area contributed by atoms with Gasteiger partial charge in [0.25, 0.3) is 5.91 Å². The number of thioether (sulfide) groups is 1. The van der Waals surface area contributed by atoms with Crippen LogP contribution in [0.3, 0.4) is 0 Å². The van der Waals surface area contributed by atoms with Gasteiger partial charge in [-0.1, -0.05) is 42.1 Å². The first-order valence-corrected chi connectivity index (χ1v) is 11.9. The Balaban J connectivity index is 1.36. The molecular weight excluding hydrogens is 420 g/mol. The Morgan fingerprint density at radius 3 is 2.53 bits per heavy atom. The molecule has 0 N–H and O–H groups in total. The van der Waals surface area contributed by atoms with Crippen molar-refractivity contribution in [3.63, 3.8) is 0 Å². The van der Waals surface area contributed by atoms with Gasteiger partial charge in [-0.25, -0.2) is 4.98 Å². The predicted molar refractivity (Wildman–Crippen MR) is 127 cm³/mol. The Labute approximate surface area is 193 Å². The summed E-state index contributed by atoms with van der Waals surface area (Å²) in [5.41, 5.74) is 4.13. The van der Waals surface area contributed by atoms with Gasteiger partial charge in [0.15, 0.2) is 5.16 Å². The highest BCUT2D eigenvalue weighted by Gasteiger charge is 2.23. The van der Waals surface area contributed by atoms with Gasteiger partial charge in [0.1, 0.15) is 0 Å². The lowest BCUT2D eigenvalue weighted by Gasteiger charge is -2.22. The highest BCUT2D eigenvalue weighted by molar-refractivity contribution is 7.99. The van der Waals surface area contributed by atoms with Gasteiger partial charge in [0, 0.05) is 44.1 Å². The minimum atomic E-state index is 0.0322. The molecule has 0 bridgehead atoms. The van der Waals surface area contributed by atoms with Crippen molar-refractivity contribution < 1.29 is 9.59 Å². The SMILES string of the molecule is Cc1ccc(C)c(-n2ccnc2SCC(=O)N2CCCN(C(=O)c3ccccc3)CC2)c1. The van der Waals surface area contributed by atoms with E-state index in [1.165, 1.54) is 17.3 Å². The lowest BCUT2D eigenvalue weighted by Crippen LogP contribution is -2.38. The molecule has 1 aromatic heterocycles. The zero-order chi connectivity index (χ0) is 22.5. The molecule has 0 saturated carbocycles. The molecule has 1 fully saturated rings. The van der Waals surface area contributed by atoms with E-state index in [1.54, 1.807) is 6.20 Å². The summed E-state index contributed by atoms with van der Waals surface area (Å²) in [5.74, 6) is 0.443. The summed E-state index contributed by atoms with van der Waals surface area (Å²) in [4.78, 5) is 33.9. The van der Waals surface area contributed by atoms with Gasteiger partial charge in [-0.2, -0.15) is 0 Å². The average Bonchev–Trinajstić information content (AvgIpc) is 3.14. The number of nitrogens with zero attached hydrogens (tertiary/aromatic N) is 4. The molecule has 7 heteroatoms. The molecule has 1 saturated heterocycles. The first-order valence-electron chi connectivity index (χ1n) is 10.9. The molecule has 6 nitrogen and oxygen atoms in total. The van der Waals surface area contributed by atoms with E-state index in [4.69, 9.17) is 0 Å². The van der Waals surface area contributed by atoms with E-state index in [0.29, 0.717) is 37.5 Å². The van der Waals surface area contributed by atoms with Gasteiger partial charge < -0.3 is 9.80 Å². The third-order valence-electron chi connectivity index (χ3n) is 5.71. The number of amides is 2. The van der Waals surface area contributed by atoms with Crippen LogP contribution < -0.4 is 0 Å². The minimum absolute atomic E-state index is 0.0322. The predicted octanol–water partition coefficient (Wildman–Crippen LogP) is 3.96. The van der Waals surface area contributed by atoms with E-state index >= 15 is 0 Å². The van der Waals surface area contributed by atoms with Gasteiger partial charge in [0.05, 0.1) is 11.4 Å². The molecule has 166 valence electrons. The van der Waals surface area contributed by atoms with Gasteiger partial charge in [-0.3, -0.25) is 14.2 Å². The molecule has 3 aromatic rings. The van der Waals surface area contributed by atoms with E-state index in [1.807, 2.05) is 50.9 Å². The summed E-state index contributed by atoms with van der Waals surface area (Å²) in [7, 11) is 0. The van der Waals surface area contributed by atoms with Crippen molar-refractivity contribution >= 4 is 23.6 Å². The molecule has 1 aliphatic rings. The third kappa shape index (κ3) is 5.05. The van der Waals surface area contributed by atoms with Crippen molar-refractivity contribution in [1.29, 1.82) is 0 Å². The maximum absolute atomic E-state index is 12.9. The van der Waals surface area contributed by atoms with Crippen LogP contribution in [-0.2, 0) is 4.79 Å². The van der Waals surface area contributed by atoms with Crippen LogP contribution in [0.4, 0.5) is 0 Å². The summed E-state index contributed by atoms with van der Waals surface area (Å²) < 4.78 is 2.04. The minimum Gasteiger partial charge on any atom is -0.340 e. The summed E-state index contributed by atoms with van der Waals surface area (Å²) >= 11 is 1.46. The molecule has 2 aromatic carbocycles. The van der Waals surface area contributed by atoms with E-state index in [9.17, 15) is 9.59 Å². The standard InChI is InChI=1S/C25H28N4O2S/c1-19-9-10-20(2)22(17-19)29-14-11-26-25(29)32-18-23(30)27-12-6-13-28(16-15-27)24(31)21-7-4-3-5-8-21/h3-5,7-11,14,17H,6,12-13,15-16,18H2,1-2H3. The smallest absolute Gasteiger partial charge is 0.253 e. The molecule has 0 aliphatic carbocycles. The lowest BCUT2D eigenvalue weighted by molar-refractivity contribution is -0.128. The number of benzene rings is 2. The number of aromatic nitrogens is 2. The van der Waals surface area contributed by atoms with Crippen LogP contribution in [0.5, 0.6) is 0 Å². The molecule has 0 spiro atoms. The number of rotatable bonds is 5. The number of carbonyl (C=O) groups excluding carboxylic acids is 2. The quantitative estimate of drug-likeness (QED) is 0.555. The van der Waals surface area contributed by atoms with Gasteiger partial charge in [-0.15, -0.1) is 0 Å². The van der Waals surface area contributed by atoms with Gasteiger partial charge in [-0.05, 0) is 49.6 Å². The molecule has 2 heterocycles. The third-order valence-corrected chi connectivity index (χ3v) is 6.66.